The Hall–Kier alpha value is -4.10. The molecule has 1 aliphatic rings. The van der Waals surface area contributed by atoms with Crippen molar-refractivity contribution in [2.24, 2.45) is 0 Å². The molecule has 0 aliphatic carbocycles. The van der Waals surface area contributed by atoms with Crippen molar-refractivity contribution >= 4 is 32.3 Å². The summed E-state index contributed by atoms with van der Waals surface area (Å²) in [7, 11) is 0. The molecule has 0 bridgehead atoms. The molecule has 0 saturated carbocycles. The molecule has 150 valence electrons. The second kappa shape index (κ2) is 6.70. The van der Waals surface area contributed by atoms with Gasteiger partial charge in [-0.2, -0.15) is 0 Å². The van der Waals surface area contributed by atoms with Gasteiger partial charge in [0.2, 0.25) is 0 Å². The smallest absolute Gasteiger partial charge is 0.132 e. The number of fused-ring (bicyclic) bond motifs is 7. The quantitative estimate of drug-likeness (QED) is 0.265. The van der Waals surface area contributed by atoms with Crippen LogP contribution in [0, 0.1) is 0 Å². The molecule has 0 spiro atoms. The predicted octanol–water partition coefficient (Wildman–Crippen LogP) is 8.43. The Kier molecular flexibility index (Phi) is 3.68. The molecule has 0 radical (unpaired) electrons. The molecule has 1 aliphatic heterocycles. The summed E-state index contributed by atoms with van der Waals surface area (Å²) in [5.41, 5.74) is 3.83. The summed E-state index contributed by atoms with van der Waals surface area (Å²) in [5.74, 6) is 1.98. The lowest BCUT2D eigenvalue weighted by Gasteiger charge is -2.31. The minimum atomic E-state index is 0.0806. The molecular formula is C31H20O. The van der Waals surface area contributed by atoms with Gasteiger partial charge in [0, 0.05) is 17.0 Å². The molecule has 0 unspecified atom stereocenters. The lowest BCUT2D eigenvalue weighted by molar-refractivity contribution is 0.456. The van der Waals surface area contributed by atoms with Crippen molar-refractivity contribution < 1.29 is 4.74 Å². The Morgan fingerprint density at radius 1 is 0.406 bits per heavy atom. The average molecular weight is 409 g/mol. The van der Waals surface area contributed by atoms with Crippen molar-refractivity contribution in [2.75, 3.05) is 0 Å². The van der Waals surface area contributed by atoms with E-state index in [0.717, 1.165) is 11.5 Å². The van der Waals surface area contributed by atoms with Crippen LogP contribution in [0.1, 0.15) is 22.6 Å². The maximum atomic E-state index is 6.56. The first kappa shape index (κ1) is 17.6. The van der Waals surface area contributed by atoms with Gasteiger partial charge < -0.3 is 4.74 Å². The van der Waals surface area contributed by atoms with Crippen LogP contribution in [-0.4, -0.2) is 0 Å². The minimum absolute atomic E-state index is 0.0806. The van der Waals surface area contributed by atoms with E-state index in [1.54, 1.807) is 0 Å². The fourth-order valence-corrected chi connectivity index (χ4v) is 5.40. The first-order valence-corrected chi connectivity index (χ1v) is 11.1. The molecule has 0 amide bonds. The zero-order chi connectivity index (χ0) is 21.1. The van der Waals surface area contributed by atoms with Gasteiger partial charge in [0.05, 0.1) is 0 Å². The number of ether oxygens (including phenoxy) is 1. The highest BCUT2D eigenvalue weighted by atomic mass is 16.5. The third-order valence-electron chi connectivity index (χ3n) is 6.79. The van der Waals surface area contributed by atoms with Crippen LogP contribution in [0.25, 0.3) is 32.3 Å². The van der Waals surface area contributed by atoms with Crippen molar-refractivity contribution in [3.05, 3.63) is 132 Å². The highest BCUT2D eigenvalue weighted by molar-refractivity contribution is 5.97. The van der Waals surface area contributed by atoms with Crippen LogP contribution in [0.3, 0.4) is 0 Å². The van der Waals surface area contributed by atoms with Gasteiger partial charge in [-0.1, -0.05) is 103 Å². The van der Waals surface area contributed by atoms with Crippen LogP contribution >= 0.6 is 0 Å². The van der Waals surface area contributed by atoms with E-state index in [4.69, 9.17) is 4.74 Å². The van der Waals surface area contributed by atoms with E-state index in [9.17, 15) is 0 Å². The minimum Gasteiger partial charge on any atom is -0.457 e. The predicted molar refractivity (Wildman–Crippen MR) is 133 cm³/mol. The molecule has 0 atom stereocenters. The third kappa shape index (κ3) is 2.45. The van der Waals surface area contributed by atoms with Crippen LogP contribution in [0.5, 0.6) is 11.5 Å². The topological polar surface area (TPSA) is 9.23 Å². The van der Waals surface area contributed by atoms with Crippen LogP contribution in [-0.2, 0) is 0 Å². The number of benzene rings is 6. The van der Waals surface area contributed by atoms with E-state index in [-0.39, 0.29) is 5.92 Å². The van der Waals surface area contributed by atoms with Gasteiger partial charge in [0.1, 0.15) is 11.5 Å². The maximum Gasteiger partial charge on any atom is 0.132 e. The fourth-order valence-electron chi connectivity index (χ4n) is 5.40. The van der Waals surface area contributed by atoms with Crippen molar-refractivity contribution in [1.82, 2.24) is 0 Å². The average Bonchev–Trinajstić information content (AvgIpc) is 2.87. The zero-order valence-corrected chi connectivity index (χ0v) is 17.5. The van der Waals surface area contributed by atoms with E-state index in [1.165, 1.54) is 49.0 Å². The summed E-state index contributed by atoms with van der Waals surface area (Å²) in [6.07, 6.45) is 0. The Morgan fingerprint density at radius 3 is 1.47 bits per heavy atom. The Labute approximate surface area is 186 Å². The Balaban J connectivity index is 1.67. The van der Waals surface area contributed by atoms with Crippen molar-refractivity contribution in [3.8, 4) is 11.5 Å². The molecule has 1 nitrogen and oxygen atoms in total. The van der Waals surface area contributed by atoms with Gasteiger partial charge in [-0.15, -0.1) is 0 Å². The molecule has 6 aromatic rings. The SMILES string of the molecule is c1ccc2c(C3c4c(ccc5ccccc45)Oc4ccc5ccccc5c43)cccc2c1. The van der Waals surface area contributed by atoms with Crippen LogP contribution in [0.15, 0.2) is 115 Å². The summed E-state index contributed by atoms with van der Waals surface area (Å²) in [5, 5.41) is 7.54. The molecule has 1 heteroatoms. The summed E-state index contributed by atoms with van der Waals surface area (Å²) in [4.78, 5) is 0. The molecule has 6 aromatic carbocycles. The van der Waals surface area contributed by atoms with Gasteiger partial charge in [0.25, 0.3) is 0 Å². The summed E-state index contributed by atoms with van der Waals surface area (Å²) < 4.78 is 6.56. The van der Waals surface area contributed by atoms with Crippen molar-refractivity contribution in [3.63, 3.8) is 0 Å². The van der Waals surface area contributed by atoms with E-state index in [2.05, 4.69) is 115 Å². The molecule has 0 saturated heterocycles. The van der Waals surface area contributed by atoms with Gasteiger partial charge in [-0.3, -0.25) is 0 Å². The normalized spacial score (nSPS) is 13.1. The van der Waals surface area contributed by atoms with E-state index < -0.39 is 0 Å². The highest BCUT2D eigenvalue weighted by Gasteiger charge is 2.32. The molecule has 1 heterocycles. The van der Waals surface area contributed by atoms with Crippen LogP contribution < -0.4 is 4.74 Å². The first-order valence-electron chi connectivity index (χ1n) is 11.1. The van der Waals surface area contributed by atoms with E-state index in [1.807, 2.05) is 0 Å². The van der Waals surface area contributed by atoms with E-state index in [0.29, 0.717) is 0 Å². The lowest BCUT2D eigenvalue weighted by atomic mass is 9.77. The van der Waals surface area contributed by atoms with Gasteiger partial charge in [-0.05, 0) is 50.0 Å². The van der Waals surface area contributed by atoms with Gasteiger partial charge in [0.15, 0.2) is 0 Å². The fraction of sp³-hybridized carbons (Fsp3) is 0.0323. The van der Waals surface area contributed by atoms with Crippen molar-refractivity contribution in [1.29, 1.82) is 0 Å². The van der Waals surface area contributed by atoms with Gasteiger partial charge >= 0.3 is 0 Å². The largest absolute Gasteiger partial charge is 0.457 e. The standard InChI is InChI=1S/C31H20O/c1-4-12-23-20(8-1)11-7-15-26(23)31-29-24-13-5-2-9-21(24)16-18-27(29)32-28-19-17-22-10-3-6-14-25(22)30(28)31/h1-19,31H. The summed E-state index contributed by atoms with van der Waals surface area (Å²) in [6.45, 7) is 0. The molecule has 0 fully saturated rings. The second-order valence-electron chi connectivity index (χ2n) is 8.50. The monoisotopic (exact) mass is 408 g/mol. The zero-order valence-electron chi connectivity index (χ0n) is 17.5. The van der Waals surface area contributed by atoms with Crippen LogP contribution in [0.2, 0.25) is 0 Å². The lowest BCUT2D eigenvalue weighted by Crippen LogP contribution is -2.13. The number of hydrogen-bond donors (Lipinski definition) is 0. The maximum absolute atomic E-state index is 6.56. The molecular weight excluding hydrogens is 388 g/mol. The second-order valence-corrected chi connectivity index (χ2v) is 8.50. The van der Waals surface area contributed by atoms with E-state index >= 15 is 0 Å². The summed E-state index contributed by atoms with van der Waals surface area (Å²) >= 11 is 0. The molecule has 32 heavy (non-hydrogen) atoms. The van der Waals surface area contributed by atoms with Gasteiger partial charge in [-0.25, -0.2) is 0 Å². The highest BCUT2D eigenvalue weighted by Crippen LogP contribution is 2.53. The molecule has 0 aromatic heterocycles. The first-order chi connectivity index (χ1) is 15.9. The molecule has 7 rings (SSSR count). The number of hydrogen-bond acceptors (Lipinski definition) is 1. The summed E-state index contributed by atoms with van der Waals surface area (Å²) in [6, 6.07) is 41.3. The molecule has 0 N–H and O–H groups in total. The Bertz CT molecular complexity index is 1570. The van der Waals surface area contributed by atoms with Crippen molar-refractivity contribution in [2.45, 2.75) is 5.92 Å². The Morgan fingerprint density at radius 2 is 0.875 bits per heavy atom. The van der Waals surface area contributed by atoms with Crippen LogP contribution in [0.4, 0.5) is 0 Å². The third-order valence-corrected chi connectivity index (χ3v) is 6.79. The number of rotatable bonds is 1.